The van der Waals surface area contributed by atoms with Crippen molar-refractivity contribution in [2.45, 2.75) is 26.7 Å². The Morgan fingerprint density at radius 2 is 2.12 bits per heavy atom. The van der Waals surface area contributed by atoms with Crippen molar-refractivity contribution in [2.24, 2.45) is 11.3 Å². The van der Waals surface area contributed by atoms with Gasteiger partial charge in [-0.2, -0.15) is 0 Å². The molecule has 16 heavy (non-hydrogen) atoms. The molecule has 0 saturated heterocycles. The molecule has 1 aliphatic rings. The monoisotopic (exact) mass is 226 g/mol. The van der Waals surface area contributed by atoms with Crippen LogP contribution < -0.4 is 0 Å². The predicted octanol–water partition coefficient (Wildman–Crippen LogP) is 1.70. The van der Waals surface area contributed by atoms with Crippen LogP contribution in [0.15, 0.2) is 12.2 Å². The number of allylic oxidation sites excluding steroid dienone is 1. The summed E-state index contributed by atoms with van der Waals surface area (Å²) in [6.07, 6.45) is 0.761. The molecule has 0 amide bonds. The Labute approximate surface area is 95.6 Å². The Hall–Kier alpha value is -1.32. The molecule has 4 nitrogen and oxygen atoms in total. The summed E-state index contributed by atoms with van der Waals surface area (Å²) in [5, 5.41) is 0. The highest BCUT2D eigenvalue weighted by atomic mass is 16.6. The largest absolute Gasteiger partial charge is 0.468 e. The number of ether oxygens (including phenoxy) is 2. The van der Waals surface area contributed by atoms with Gasteiger partial charge in [-0.15, -0.1) is 0 Å². The first kappa shape index (κ1) is 12.7. The molecule has 0 aromatic heterocycles. The number of rotatable bonds is 3. The highest BCUT2D eigenvalue weighted by Crippen LogP contribution is 2.46. The van der Waals surface area contributed by atoms with E-state index in [-0.39, 0.29) is 12.5 Å². The van der Waals surface area contributed by atoms with E-state index >= 15 is 0 Å². The van der Waals surface area contributed by atoms with Crippen LogP contribution >= 0.6 is 0 Å². The topological polar surface area (TPSA) is 52.6 Å². The van der Waals surface area contributed by atoms with Crippen molar-refractivity contribution in [2.75, 3.05) is 13.7 Å². The Morgan fingerprint density at radius 3 is 2.50 bits per heavy atom. The highest BCUT2D eigenvalue weighted by Gasteiger charge is 2.54. The van der Waals surface area contributed by atoms with E-state index in [4.69, 9.17) is 9.47 Å². The summed E-state index contributed by atoms with van der Waals surface area (Å²) in [5.41, 5.74) is -0.264. The number of esters is 2. The van der Waals surface area contributed by atoms with Crippen LogP contribution in [0.1, 0.15) is 26.7 Å². The van der Waals surface area contributed by atoms with Crippen LogP contribution in [0.4, 0.5) is 0 Å². The molecule has 1 rings (SSSR count). The van der Waals surface area contributed by atoms with Crippen LogP contribution in [0, 0.1) is 11.3 Å². The van der Waals surface area contributed by atoms with Crippen LogP contribution in [0.2, 0.25) is 0 Å². The zero-order valence-electron chi connectivity index (χ0n) is 10.0. The molecule has 4 heteroatoms. The van der Waals surface area contributed by atoms with Gasteiger partial charge >= 0.3 is 11.9 Å². The van der Waals surface area contributed by atoms with Gasteiger partial charge in [0.25, 0.3) is 0 Å². The lowest BCUT2D eigenvalue weighted by atomic mass is 9.85. The Bertz CT molecular complexity index is 321. The maximum Gasteiger partial charge on any atom is 0.323 e. The lowest BCUT2D eigenvalue weighted by Gasteiger charge is -2.23. The second-order valence-electron chi connectivity index (χ2n) is 4.23. The van der Waals surface area contributed by atoms with Crippen molar-refractivity contribution >= 4 is 11.9 Å². The van der Waals surface area contributed by atoms with Crippen molar-refractivity contribution in [3.05, 3.63) is 12.2 Å². The molecule has 0 radical (unpaired) electrons. The maximum absolute atomic E-state index is 11.9. The smallest absolute Gasteiger partial charge is 0.323 e. The zero-order chi connectivity index (χ0) is 12.3. The normalized spacial score (nSPS) is 28.9. The number of hydrogen-bond acceptors (Lipinski definition) is 4. The standard InChI is InChI=1S/C12H18O4/c1-5-16-11(14)12(10(13)15-4)6-8(2)9(3)7-12/h9H,2,5-7H2,1,3-4H3. The van der Waals surface area contributed by atoms with Gasteiger partial charge in [0.15, 0.2) is 5.41 Å². The molecule has 2 unspecified atom stereocenters. The third-order valence-corrected chi connectivity index (χ3v) is 3.12. The molecule has 2 atom stereocenters. The highest BCUT2D eigenvalue weighted by molar-refractivity contribution is 6.01. The summed E-state index contributed by atoms with van der Waals surface area (Å²) in [7, 11) is 1.29. The van der Waals surface area contributed by atoms with E-state index in [9.17, 15) is 9.59 Å². The van der Waals surface area contributed by atoms with Gasteiger partial charge in [-0.3, -0.25) is 9.59 Å². The first-order chi connectivity index (χ1) is 7.47. The SMILES string of the molecule is C=C1CC(C(=O)OC)(C(=O)OCC)CC1C. The van der Waals surface area contributed by atoms with E-state index in [2.05, 4.69) is 6.58 Å². The quantitative estimate of drug-likeness (QED) is 0.417. The molecule has 0 aromatic carbocycles. The van der Waals surface area contributed by atoms with Crippen molar-refractivity contribution in [1.29, 1.82) is 0 Å². The minimum absolute atomic E-state index is 0.142. The van der Waals surface area contributed by atoms with E-state index < -0.39 is 17.4 Å². The Balaban J connectivity index is 3.00. The molecule has 0 aromatic rings. The van der Waals surface area contributed by atoms with Crippen LogP contribution in [0.5, 0.6) is 0 Å². The van der Waals surface area contributed by atoms with E-state index in [1.807, 2.05) is 6.92 Å². The molecule has 1 aliphatic carbocycles. The second-order valence-corrected chi connectivity index (χ2v) is 4.23. The zero-order valence-corrected chi connectivity index (χ0v) is 10.0. The van der Waals surface area contributed by atoms with Gasteiger partial charge < -0.3 is 9.47 Å². The van der Waals surface area contributed by atoms with Gasteiger partial charge in [0.2, 0.25) is 0 Å². The van der Waals surface area contributed by atoms with E-state index in [0.717, 1.165) is 5.57 Å². The molecular formula is C12H18O4. The molecule has 90 valence electrons. The fourth-order valence-electron chi connectivity index (χ4n) is 2.16. The van der Waals surface area contributed by atoms with Gasteiger partial charge in [0.05, 0.1) is 13.7 Å². The fourth-order valence-corrected chi connectivity index (χ4v) is 2.16. The van der Waals surface area contributed by atoms with Crippen molar-refractivity contribution in [3.8, 4) is 0 Å². The number of carbonyl (C=O) groups excluding carboxylic acids is 2. The van der Waals surface area contributed by atoms with E-state index in [1.165, 1.54) is 7.11 Å². The predicted molar refractivity (Wildman–Crippen MR) is 58.6 cm³/mol. The second kappa shape index (κ2) is 4.68. The summed E-state index contributed by atoms with van der Waals surface area (Å²) in [4.78, 5) is 23.7. The maximum atomic E-state index is 11.9. The average molecular weight is 226 g/mol. The summed E-state index contributed by atoms with van der Waals surface area (Å²) in [6.45, 7) is 7.81. The van der Waals surface area contributed by atoms with Gasteiger partial charge in [0, 0.05) is 0 Å². The Kier molecular flexibility index (Phi) is 3.73. The average Bonchev–Trinajstić information content (AvgIpc) is 2.56. The lowest BCUT2D eigenvalue weighted by molar-refractivity contribution is -0.170. The van der Waals surface area contributed by atoms with Crippen LogP contribution in [0.25, 0.3) is 0 Å². The molecule has 0 bridgehead atoms. The third kappa shape index (κ3) is 1.96. The lowest BCUT2D eigenvalue weighted by Crippen LogP contribution is -2.39. The van der Waals surface area contributed by atoms with Crippen LogP contribution in [-0.2, 0) is 19.1 Å². The van der Waals surface area contributed by atoms with Crippen molar-refractivity contribution in [3.63, 3.8) is 0 Å². The minimum atomic E-state index is -1.17. The third-order valence-electron chi connectivity index (χ3n) is 3.12. The van der Waals surface area contributed by atoms with Gasteiger partial charge in [-0.25, -0.2) is 0 Å². The van der Waals surface area contributed by atoms with E-state index in [1.54, 1.807) is 6.92 Å². The van der Waals surface area contributed by atoms with Crippen LogP contribution in [0.3, 0.4) is 0 Å². The summed E-state index contributed by atoms with van der Waals surface area (Å²) < 4.78 is 9.69. The molecule has 0 N–H and O–H groups in total. The Morgan fingerprint density at radius 1 is 1.50 bits per heavy atom. The minimum Gasteiger partial charge on any atom is -0.468 e. The van der Waals surface area contributed by atoms with Crippen molar-refractivity contribution in [1.82, 2.24) is 0 Å². The fraction of sp³-hybridized carbons (Fsp3) is 0.667. The summed E-state index contributed by atoms with van der Waals surface area (Å²) in [6, 6.07) is 0. The summed E-state index contributed by atoms with van der Waals surface area (Å²) in [5.74, 6) is -0.868. The van der Waals surface area contributed by atoms with Crippen molar-refractivity contribution < 1.29 is 19.1 Å². The van der Waals surface area contributed by atoms with E-state index in [0.29, 0.717) is 12.8 Å². The van der Waals surface area contributed by atoms with Crippen LogP contribution in [-0.4, -0.2) is 25.7 Å². The molecule has 0 heterocycles. The van der Waals surface area contributed by atoms with Gasteiger partial charge in [-0.1, -0.05) is 19.1 Å². The molecule has 1 saturated carbocycles. The molecular weight excluding hydrogens is 208 g/mol. The summed E-state index contributed by atoms with van der Waals surface area (Å²) >= 11 is 0. The number of carbonyl (C=O) groups is 2. The molecule has 0 spiro atoms. The first-order valence-corrected chi connectivity index (χ1v) is 5.41. The molecule has 1 fully saturated rings. The first-order valence-electron chi connectivity index (χ1n) is 5.41. The number of hydrogen-bond donors (Lipinski definition) is 0. The molecule has 0 aliphatic heterocycles. The van der Waals surface area contributed by atoms with Gasteiger partial charge in [0.1, 0.15) is 0 Å². The van der Waals surface area contributed by atoms with Gasteiger partial charge in [-0.05, 0) is 25.7 Å². The number of methoxy groups -OCH3 is 1.